The van der Waals surface area contributed by atoms with Crippen molar-refractivity contribution in [3.05, 3.63) is 60.2 Å². The summed E-state index contributed by atoms with van der Waals surface area (Å²) in [6, 6.07) is 7.94. The highest BCUT2D eigenvalue weighted by molar-refractivity contribution is 5.92. The molecular formula is C37H48O12. The molecule has 1 aromatic rings. The highest BCUT2D eigenvalue weighted by Crippen LogP contribution is 2.49. The number of fused-ring (bicyclic) bond motifs is 1. The van der Waals surface area contributed by atoms with Crippen LogP contribution in [0, 0.1) is 29.1 Å². The van der Waals surface area contributed by atoms with Crippen LogP contribution in [-0.2, 0) is 47.7 Å². The largest absolute Gasteiger partial charge is 0.461 e. The van der Waals surface area contributed by atoms with Gasteiger partial charge in [0.1, 0.15) is 17.8 Å². The third-order valence-corrected chi connectivity index (χ3v) is 9.00. The number of aliphatic hydroxyl groups is 1. The quantitative estimate of drug-likeness (QED) is 0.246. The lowest BCUT2D eigenvalue weighted by atomic mass is 9.72. The van der Waals surface area contributed by atoms with Gasteiger partial charge < -0.3 is 28.8 Å². The van der Waals surface area contributed by atoms with Crippen LogP contribution in [0.25, 0.3) is 0 Å². The molecule has 2 aliphatic carbocycles. The van der Waals surface area contributed by atoms with E-state index in [1.54, 1.807) is 65.8 Å². The van der Waals surface area contributed by atoms with Gasteiger partial charge in [-0.1, -0.05) is 78.5 Å². The molecule has 1 fully saturated rings. The average Bonchev–Trinajstić information content (AvgIpc) is 3.27. The van der Waals surface area contributed by atoms with Crippen molar-refractivity contribution in [2.75, 3.05) is 0 Å². The van der Waals surface area contributed by atoms with Gasteiger partial charge in [0.15, 0.2) is 24.1 Å². The summed E-state index contributed by atoms with van der Waals surface area (Å²) in [5.74, 6) is -8.18. The molecule has 9 atom stereocenters. The van der Waals surface area contributed by atoms with Gasteiger partial charge in [-0.05, 0) is 24.5 Å². The van der Waals surface area contributed by atoms with E-state index in [0.29, 0.717) is 0 Å². The highest BCUT2D eigenvalue weighted by Gasteiger charge is 2.63. The Hall–Kier alpha value is -4.32. The van der Waals surface area contributed by atoms with Crippen LogP contribution in [0.5, 0.6) is 0 Å². The minimum absolute atomic E-state index is 0.131. The Balaban J connectivity index is 2.41. The van der Waals surface area contributed by atoms with Crippen LogP contribution in [0.1, 0.15) is 79.1 Å². The molecule has 0 unspecified atom stereocenters. The molecule has 0 saturated heterocycles. The summed E-state index contributed by atoms with van der Waals surface area (Å²) in [6.45, 7) is 17.3. The first-order valence-electron chi connectivity index (χ1n) is 16.3. The van der Waals surface area contributed by atoms with Crippen LogP contribution in [0.4, 0.5) is 0 Å². The van der Waals surface area contributed by atoms with Crippen molar-refractivity contribution in [1.82, 2.24) is 0 Å². The highest BCUT2D eigenvalue weighted by atomic mass is 16.6. The number of carbonyl (C=O) groups excluding carboxylic acids is 6. The number of allylic oxidation sites excluding steroid dienone is 1. The van der Waals surface area contributed by atoms with Gasteiger partial charge in [-0.2, -0.15) is 0 Å². The molecule has 1 N–H and O–H groups in total. The number of rotatable bonds is 7. The number of hydrogen-bond donors (Lipinski definition) is 1. The molecule has 49 heavy (non-hydrogen) atoms. The van der Waals surface area contributed by atoms with Gasteiger partial charge in [-0.15, -0.1) is 0 Å². The Kier molecular flexibility index (Phi) is 12.4. The predicted octanol–water partition coefficient (Wildman–Crippen LogP) is 4.32. The van der Waals surface area contributed by atoms with E-state index < -0.39 is 101 Å². The Morgan fingerprint density at radius 3 is 1.92 bits per heavy atom. The molecule has 12 nitrogen and oxygen atoms in total. The molecule has 0 aromatic heterocycles. The normalized spacial score (nSPS) is 32.1. The molecule has 2 aliphatic rings. The van der Waals surface area contributed by atoms with E-state index in [0.717, 1.165) is 20.8 Å². The van der Waals surface area contributed by atoms with E-state index in [9.17, 15) is 33.9 Å². The van der Waals surface area contributed by atoms with Crippen molar-refractivity contribution < 1.29 is 57.6 Å². The van der Waals surface area contributed by atoms with Crippen LogP contribution < -0.4 is 0 Å². The van der Waals surface area contributed by atoms with Gasteiger partial charge in [0.25, 0.3) is 0 Å². The van der Waals surface area contributed by atoms with E-state index in [4.69, 9.17) is 23.7 Å². The maximum Gasteiger partial charge on any atom is 0.338 e. The predicted molar refractivity (Wildman–Crippen MR) is 175 cm³/mol. The molecule has 0 radical (unpaired) electrons. The maximum absolute atomic E-state index is 14.3. The van der Waals surface area contributed by atoms with Gasteiger partial charge in [-0.25, -0.2) is 4.79 Å². The number of benzene rings is 1. The van der Waals surface area contributed by atoms with Crippen LogP contribution in [0.2, 0.25) is 0 Å². The summed E-state index contributed by atoms with van der Waals surface area (Å²) in [5, 5.41) is 12.4. The van der Waals surface area contributed by atoms with Crippen molar-refractivity contribution in [1.29, 1.82) is 0 Å². The molecule has 268 valence electrons. The Morgan fingerprint density at radius 2 is 1.39 bits per heavy atom. The summed E-state index contributed by atoms with van der Waals surface area (Å²) in [5.41, 5.74) is -3.52. The van der Waals surface area contributed by atoms with Crippen molar-refractivity contribution in [3.8, 4) is 0 Å². The molecule has 0 heterocycles. The zero-order valence-electron chi connectivity index (χ0n) is 29.6. The lowest BCUT2D eigenvalue weighted by Gasteiger charge is -2.44. The van der Waals surface area contributed by atoms with Gasteiger partial charge >= 0.3 is 29.8 Å². The molecule has 3 rings (SSSR count). The summed E-state index contributed by atoms with van der Waals surface area (Å²) >= 11 is 0. The number of Topliss-reactive ketones (excluding diaryl/α,β-unsaturated/α-hetero) is 1. The fourth-order valence-electron chi connectivity index (χ4n) is 6.61. The third kappa shape index (κ3) is 8.83. The van der Waals surface area contributed by atoms with Gasteiger partial charge in [-0.3, -0.25) is 24.0 Å². The number of carbonyl (C=O) groups is 6. The Labute approximate surface area is 287 Å². The van der Waals surface area contributed by atoms with Crippen LogP contribution >= 0.6 is 0 Å². The first-order valence-corrected chi connectivity index (χ1v) is 16.3. The van der Waals surface area contributed by atoms with Crippen molar-refractivity contribution in [2.45, 2.75) is 105 Å². The van der Waals surface area contributed by atoms with E-state index in [1.807, 2.05) is 0 Å². The molecule has 0 spiro atoms. The molecule has 0 aliphatic heterocycles. The number of ketones is 1. The monoisotopic (exact) mass is 684 g/mol. The number of hydrogen-bond acceptors (Lipinski definition) is 12. The Morgan fingerprint density at radius 1 is 0.837 bits per heavy atom. The van der Waals surface area contributed by atoms with E-state index in [-0.39, 0.29) is 17.6 Å². The standard InChI is InChI=1S/C37H48O12/c1-19(2)34(42)48-28-21(4)18-37(44)27(28)29(45-23(6)38)22(5)30(46-24(7)39)31(49-35(43)26-14-12-11-13-15-26)33(47-25(8)40)36(9,10)17-16-20(3)32(37)41/h11-17,19-21,27-31,33,44H,5,18H2,1-4,6-10H3/b17-16-/t20-,21+,27-,28+,29+,30+,31-,33-,37-/m1/s1. The van der Waals surface area contributed by atoms with Crippen molar-refractivity contribution in [2.24, 2.45) is 29.1 Å². The van der Waals surface area contributed by atoms with Crippen LogP contribution in [-0.4, -0.2) is 76.9 Å². The number of ether oxygens (including phenoxy) is 5. The summed E-state index contributed by atoms with van der Waals surface area (Å²) in [7, 11) is 0. The average molecular weight is 685 g/mol. The second kappa shape index (κ2) is 15.5. The van der Waals surface area contributed by atoms with E-state index >= 15 is 0 Å². The lowest BCUT2D eigenvalue weighted by Crippen LogP contribution is -2.58. The molecule has 1 aromatic carbocycles. The molecule has 0 amide bonds. The smallest absolute Gasteiger partial charge is 0.338 e. The molecule has 0 bridgehead atoms. The summed E-state index contributed by atoms with van der Waals surface area (Å²) < 4.78 is 29.4. The summed E-state index contributed by atoms with van der Waals surface area (Å²) in [4.78, 5) is 79.1. The number of esters is 5. The van der Waals surface area contributed by atoms with E-state index in [2.05, 4.69) is 6.58 Å². The fraction of sp³-hybridized carbons (Fsp3) is 0.568. The zero-order valence-corrected chi connectivity index (χ0v) is 29.6. The second-order valence-corrected chi connectivity index (χ2v) is 13.9. The van der Waals surface area contributed by atoms with Crippen molar-refractivity contribution in [3.63, 3.8) is 0 Å². The van der Waals surface area contributed by atoms with Gasteiger partial charge in [0.2, 0.25) is 0 Å². The fourth-order valence-corrected chi connectivity index (χ4v) is 6.61. The van der Waals surface area contributed by atoms with Crippen LogP contribution in [0.15, 0.2) is 54.6 Å². The third-order valence-electron chi connectivity index (χ3n) is 9.00. The van der Waals surface area contributed by atoms with E-state index in [1.165, 1.54) is 18.2 Å². The second-order valence-electron chi connectivity index (χ2n) is 13.9. The molecule has 1 saturated carbocycles. The van der Waals surface area contributed by atoms with Crippen molar-refractivity contribution >= 4 is 35.6 Å². The molecule has 12 heteroatoms. The first-order chi connectivity index (χ1) is 22.7. The maximum atomic E-state index is 14.3. The minimum atomic E-state index is -2.23. The first kappa shape index (κ1) is 39.1. The van der Waals surface area contributed by atoms with Crippen LogP contribution in [0.3, 0.4) is 0 Å². The Bertz CT molecular complexity index is 1480. The lowest BCUT2D eigenvalue weighted by molar-refractivity contribution is -0.181. The topological polar surface area (TPSA) is 169 Å². The minimum Gasteiger partial charge on any atom is -0.461 e. The zero-order chi connectivity index (χ0) is 37.0. The van der Waals surface area contributed by atoms with Gasteiger partial charge in [0, 0.05) is 37.7 Å². The molecular weight excluding hydrogens is 636 g/mol. The van der Waals surface area contributed by atoms with Gasteiger partial charge in [0.05, 0.1) is 17.4 Å². The summed E-state index contributed by atoms with van der Waals surface area (Å²) in [6.07, 6.45) is -4.52. The SMILES string of the molecule is C=C1[C@H](OC(C)=O)[C@@H](OC(=O)c2ccccc2)[C@@H](OC(C)=O)C(C)(C)/C=C\[C@@H](C)C(=O)[C@@]2(O)C[C@H](C)[C@H](OC(=O)C(C)C)[C@@H]2[C@H]1OC(C)=O.